The number of likely N-dealkylation sites (tertiary alicyclic amines) is 1. The van der Waals surface area contributed by atoms with Crippen molar-refractivity contribution in [3.05, 3.63) is 36.2 Å². The molecule has 2 aliphatic rings. The van der Waals surface area contributed by atoms with Crippen molar-refractivity contribution in [1.29, 1.82) is 0 Å². The van der Waals surface area contributed by atoms with Crippen LogP contribution >= 0.6 is 0 Å². The topological polar surface area (TPSA) is 71.3 Å². The van der Waals surface area contributed by atoms with Crippen LogP contribution in [0.1, 0.15) is 25.6 Å². The summed E-state index contributed by atoms with van der Waals surface area (Å²) >= 11 is 0. The quantitative estimate of drug-likeness (QED) is 0.808. The van der Waals surface area contributed by atoms with E-state index in [1.165, 1.54) is 0 Å². The van der Waals surface area contributed by atoms with E-state index in [4.69, 9.17) is 0 Å². The van der Waals surface area contributed by atoms with Gasteiger partial charge in [-0.15, -0.1) is 10.2 Å². The molecule has 1 aromatic carbocycles. The summed E-state index contributed by atoms with van der Waals surface area (Å²) in [6.07, 6.45) is 2.46. The number of piperidine rings is 1. The summed E-state index contributed by atoms with van der Waals surface area (Å²) in [6.45, 7) is 4.90. The molecule has 2 aliphatic heterocycles. The second-order valence-electron chi connectivity index (χ2n) is 7.34. The Hall–Kier alpha value is -2.70. The van der Waals surface area contributed by atoms with Gasteiger partial charge in [0.05, 0.1) is 5.92 Å². The van der Waals surface area contributed by atoms with E-state index in [9.17, 15) is 9.59 Å². The minimum Gasteiger partial charge on any atom is -0.342 e. The van der Waals surface area contributed by atoms with E-state index in [1.807, 2.05) is 35.2 Å². The Labute approximate surface area is 159 Å². The van der Waals surface area contributed by atoms with E-state index in [0.717, 1.165) is 36.6 Å². The molecule has 142 valence electrons. The molecule has 0 spiro atoms. The van der Waals surface area contributed by atoms with Crippen LogP contribution in [0.15, 0.2) is 30.3 Å². The van der Waals surface area contributed by atoms with Gasteiger partial charge in [-0.1, -0.05) is 30.3 Å². The minimum atomic E-state index is -0.0835. The lowest BCUT2D eigenvalue weighted by Gasteiger charge is -2.34. The molecule has 0 bridgehead atoms. The molecule has 7 heteroatoms. The van der Waals surface area contributed by atoms with Crippen LogP contribution < -0.4 is 0 Å². The largest absolute Gasteiger partial charge is 0.342 e. The standard InChI is InChI=1S/C20H25N5O2/c1-15(26)24-10-5-8-17(14-24)20(27)23-11-9-18-21-22-19(25(18)13-12-23)16-6-3-2-4-7-16/h2-4,6-7,17H,5,8-14H2,1H3/t17-/m1/s1. The molecule has 0 radical (unpaired) electrons. The summed E-state index contributed by atoms with van der Waals surface area (Å²) in [7, 11) is 0. The van der Waals surface area contributed by atoms with E-state index in [2.05, 4.69) is 14.8 Å². The van der Waals surface area contributed by atoms with Gasteiger partial charge in [-0.3, -0.25) is 9.59 Å². The van der Waals surface area contributed by atoms with Gasteiger partial charge in [0.25, 0.3) is 0 Å². The molecule has 1 aromatic heterocycles. The maximum Gasteiger partial charge on any atom is 0.227 e. The van der Waals surface area contributed by atoms with Gasteiger partial charge < -0.3 is 14.4 Å². The molecule has 2 aromatic rings. The molecule has 2 amide bonds. The molecule has 0 unspecified atom stereocenters. The second-order valence-corrected chi connectivity index (χ2v) is 7.34. The van der Waals surface area contributed by atoms with E-state index in [-0.39, 0.29) is 17.7 Å². The Bertz CT molecular complexity index is 832. The second kappa shape index (κ2) is 7.50. The Morgan fingerprint density at radius 2 is 1.81 bits per heavy atom. The summed E-state index contributed by atoms with van der Waals surface area (Å²) in [5.41, 5.74) is 1.04. The lowest BCUT2D eigenvalue weighted by molar-refractivity contribution is -0.140. The highest BCUT2D eigenvalue weighted by Crippen LogP contribution is 2.23. The number of hydrogen-bond donors (Lipinski definition) is 0. The van der Waals surface area contributed by atoms with Gasteiger partial charge >= 0.3 is 0 Å². The van der Waals surface area contributed by atoms with Gasteiger partial charge in [-0.25, -0.2) is 0 Å². The molecule has 0 aliphatic carbocycles. The summed E-state index contributed by atoms with van der Waals surface area (Å²) in [5, 5.41) is 8.72. The molecule has 0 saturated carbocycles. The first kappa shape index (κ1) is 17.7. The summed E-state index contributed by atoms with van der Waals surface area (Å²) in [4.78, 5) is 28.5. The monoisotopic (exact) mass is 367 g/mol. The number of rotatable bonds is 2. The predicted molar refractivity (Wildman–Crippen MR) is 101 cm³/mol. The number of hydrogen-bond acceptors (Lipinski definition) is 4. The normalized spacial score (nSPS) is 20.1. The average molecular weight is 367 g/mol. The fourth-order valence-electron chi connectivity index (χ4n) is 4.07. The lowest BCUT2D eigenvalue weighted by Crippen LogP contribution is -2.46. The zero-order valence-electron chi connectivity index (χ0n) is 15.7. The number of fused-ring (bicyclic) bond motifs is 1. The molecular weight excluding hydrogens is 342 g/mol. The van der Waals surface area contributed by atoms with Gasteiger partial charge in [-0.05, 0) is 12.8 Å². The van der Waals surface area contributed by atoms with E-state index >= 15 is 0 Å². The van der Waals surface area contributed by atoms with Crippen molar-refractivity contribution in [2.75, 3.05) is 26.2 Å². The van der Waals surface area contributed by atoms with Crippen LogP contribution in [-0.4, -0.2) is 62.6 Å². The third kappa shape index (κ3) is 3.59. The van der Waals surface area contributed by atoms with Crippen LogP contribution in [0.5, 0.6) is 0 Å². The first-order chi connectivity index (χ1) is 13.1. The van der Waals surface area contributed by atoms with Crippen molar-refractivity contribution < 1.29 is 9.59 Å². The van der Waals surface area contributed by atoms with Crippen LogP contribution in [-0.2, 0) is 22.6 Å². The van der Waals surface area contributed by atoms with E-state index < -0.39 is 0 Å². The van der Waals surface area contributed by atoms with Gasteiger partial charge in [0.1, 0.15) is 5.82 Å². The van der Waals surface area contributed by atoms with Crippen molar-refractivity contribution in [3.63, 3.8) is 0 Å². The third-order valence-corrected chi connectivity index (χ3v) is 5.59. The van der Waals surface area contributed by atoms with Gasteiger partial charge in [0.15, 0.2) is 5.82 Å². The summed E-state index contributed by atoms with van der Waals surface area (Å²) < 4.78 is 2.13. The molecule has 0 N–H and O–H groups in total. The van der Waals surface area contributed by atoms with Crippen molar-refractivity contribution >= 4 is 11.8 Å². The first-order valence-corrected chi connectivity index (χ1v) is 9.65. The predicted octanol–water partition coefficient (Wildman–Crippen LogP) is 1.59. The third-order valence-electron chi connectivity index (χ3n) is 5.59. The SMILES string of the molecule is CC(=O)N1CCC[C@@H](C(=O)N2CCc3nnc(-c4ccccc4)n3CC2)C1. The number of carbonyl (C=O) groups excluding carboxylic acids is 2. The maximum atomic E-state index is 13.0. The molecule has 3 heterocycles. The number of benzene rings is 1. The lowest BCUT2D eigenvalue weighted by atomic mass is 9.96. The van der Waals surface area contributed by atoms with E-state index in [0.29, 0.717) is 32.6 Å². The number of aromatic nitrogens is 3. The smallest absolute Gasteiger partial charge is 0.227 e. The fraction of sp³-hybridized carbons (Fsp3) is 0.500. The molecule has 1 saturated heterocycles. The van der Waals surface area contributed by atoms with Crippen LogP contribution in [0.25, 0.3) is 11.4 Å². The highest BCUT2D eigenvalue weighted by molar-refractivity contribution is 5.81. The first-order valence-electron chi connectivity index (χ1n) is 9.65. The van der Waals surface area contributed by atoms with Crippen molar-refractivity contribution in [3.8, 4) is 11.4 Å². The molecule has 7 nitrogen and oxygen atoms in total. The van der Waals surface area contributed by atoms with Gasteiger partial charge in [0.2, 0.25) is 11.8 Å². The Morgan fingerprint density at radius 3 is 2.59 bits per heavy atom. The molecule has 1 fully saturated rings. The van der Waals surface area contributed by atoms with Gasteiger partial charge in [0, 0.05) is 51.6 Å². The zero-order chi connectivity index (χ0) is 18.8. The number of nitrogens with zero attached hydrogens (tertiary/aromatic N) is 5. The number of amides is 2. The fourth-order valence-corrected chi connectivity index (χ4v) is 4.07. The summed E-state index contributed by atoms with van der Waals surface area (Å²) in [5.74, 6) is 1.93. The van der Waals surface area contributed by atoms with Gasteiger partial charge in [-0.2, -0.15) is 0 Å². The van der Waals surface area contributed by atoms with Crippen LogP contribution in [0.4, 0.5) is 0 Å². The Balaban J connectivity index is 1.47. The molecule has 1 atom stereocenters. The number of carbonyl (C=O) groups is 2. The van der Waals surface area contributed by atoms with Crippen LogP contribution in [0, 0.1) is 5.92 Å². The maximum absolute atomic E-state index is 13.0. The highest BCUT2D eigenvalue weighted by Gasteiger charge is 2.31. The summed E-state index contributed by atoms with van der Waals surface area (Å²) in [6, 6.07) is 10.0. The average Bonchev–Trinajstić information content (AvgIpc) is 2.99. The Morgan fingerprint density at radius 1 is 1.00 bits per heavy atom. The minimum absolute atomic E-state index is 0.0575. The van der Waals surface area contributed by atoms with Crippen molar-refractivity contribution in [1.82, 2.24) is 24.6 Å². The van der Waals surface area contributed by atoms with Crippen LogP contribution in [0.2, 0.25) is 0 Å². The Kier molecular flexibility index (Phi) is 4.92. The zero-order valence-corrected chi connectivity index (χ0v) is 15.7. The van der Waals surface area contributed by atoms with Crippen molar-refractivity contribution in [2.45, 2.75) is 32.7 Å². The molecule has 4 rings (SSSR count). The molecular formula is C20H25N5O2. The van der Waals surface area contributed by atoms with Crippen LogP contribution in [0.3, 0.4) is 0 Å². The molecule has 27 heavy (non-hydrogen) atoms. The highest BCUT2D eigenvalue weighted by atomic mass is 16.2. The van der Waals surface area contributed by atoms with E-state index in [1.54, 1.807) is 11.8 Å². The van der Waals surface area contributed by atoms with Crippen molar-refractivity contribution in [2.24, 2.45) is 5.92 Å².